The first-order chi connectivity index (χ1) is 8.52. The van der Waals surface area contributed by atoms with Crippen LogP contribution >= 0.6 is 0 Å². The maximum absolute atomic E-state index is 5.95. The van der Waals surface area contributed by atoms with Crippen LogP contribution in [0.4, 0.5) is 0 Å². The van der Waals surface area contributed by atoms with Crippen molar-refractivity contribution in [1.29, 1.82) is 0 Å². The van der Waals surface area contributed by atoms with Gasteiger partial charge in [-0.3, -0.25) is 0 Å². The van der Waals surface area contributed by atoms with E-state index in [1.54, 1.807) is 0 Å². The van der Waals surface area contributed by atoms with Gasteiger partial charge in [-0.25, -0.2) is 0 Å². The van der Waals surface area contributed by atoms with Crippen molar-refractivity contribution in [2.24, 2.45) is 23.5 Å². The molecule has 0 aromatic carbocycles. The van der Waals surface area contributed by atoms with E-state index in [1.165, 1.54) is 38.5 Å². The SMILES string of the molecule is CCCC1CCC(CN)C(CCC(C)(C)OC)C1. The Labute approximate surface area is 114 Å². The summed E-state index contributed by atoms with van der Waals surface area (Å²) in [7, 11) is 1.82. The fourth-order valence-electron chi connectivity index (χ4n) is 3.39. The molecule has 0 amide bonds. The second kappa shape index (κ2) is 7.49. The summed E-state index contributed by atoms with van der Waals surface area (Å²) in [6.07, 6.45) is 9.32. The molecule has 1 fully saturated rings. The molecule has 0 bridgehead atoms. The lowest BCUT2D eigenvalue weighted by Gasteiger charge is -2.37. The molecule has 1 rings (SSSR count). The van der Waals surface area contributed by atoms with Crippen LogP contribution in [-0.2, 0) is 4.74 Å². The third kappa shape index (κ3) is 4.89. The van der Waals surface area contributed by atoms with E-state index < -0.39 is 0 Å². The van der Waals surface area contributed by atoms with Crippen LogP contribution < -0.4 is 5.73 Å². The highest BCUT2D eigenvalue weighted by Crippen LogP contribution is 2.39. The Morgan fingerprint density at radius 3 is 2.44 bits per heavy atom. The van der Waals surface area contributed by atoms with Gasteiger partial charge in [0.2, 0.25) is 0 Å². The monoisotopic (exact) mass is 255 g/mol. The van der Waals surface area contributed by atoms with E-state index in [2.05, 4.69) is 20.8 Å². The normalized spacial score (nSPS) is 29.5. The Balaban J connectivity index is 2.47. The quantitative estimate of drug-likeness (QED) is 0.746. The van der Waals surface area contributed by atoms with Crippen LogP contribution in [0.15, 0.2) is 0 Å². The summed E-state index contributed by atoms with van der Waals surface area (Å²) in [4.78, 5) is 0. The molecule has 0 aliphatic heterocycles. The number of methoxy groups -OCH3 is 1. The lowest BCUT2D eigenvalue weighted by molar-refractivity contribution is 0.00464. The first-order valence-corrected chi connectivity index (χ1v) is 7.77. The molecule has 2 N–H and O–H groups in total. The highest BCUT2D eigenvalue weighted by Gasteiger charge is 2.30. The van der Waals surface area contributed by atoms with Gasteiger partial charge in [0.1, 0.15) is 0 Å². The zero-order valence-corrected chi connectivity index (χ0v) is 12.9. The van der Waals surface area contributed by atoms with Gasteiger partial charge in [-0.15, -0.1) is 0 Å². The third-order valence-electron chi connectivity index (χ3n) is 4.92. The molecule has 0 saturated heterocycles. The molecule has 1 saturated carbocycles. The molecule has 18 heavy (non-hydrogen) atoms. The number of ether oxygens (including phenoxy) is 1. The Morgan fingerprint density at radius 1 is 1.17 bits per heavy atom. The molecule has 0 spiro atoms. The summed E-state index contributed by atoms with van der Waals surface area (Å²) >= 11 is 0. The lowest BCUT2D eigenvalue weighted by atomic mass is 9.70. The topological polar surface area (TPSA) is 35.2 Å². The van der Waals surface area contributed by atoms with Gasteiger partial charge in [-0.2, -0.15) is 0 Å². The number of hydrogen-bond donors (Lipinski definition) is 1. The molecule has 108 valence electrons. The van der Waals surface area contributed by atoms with Crippen LogP contribution in [0.3, 0.4) is 0 Å². The average molecular weight is 255 g/mol. The van der Waals surface area contributed by atoms with Crippen molar-refractivity contribution < 1.29 is 4.74 Å². The first kappa shape index (κ1) is 16.0. The van der Waals surface area contributed by atoms with Crippen LogP contribution in [0.1, 0.15) is 65.7 Å². The highest BCUT2D eigenvalue weighted by atomic mass is 16.5. The van der Waals surface area contributed by atoms with E-state index in [0.717, 1.165) is 30.7 Å². The van der Waals surface area contributed by atoms with Crippen LogP contribution in [-0.4, -0.2) is 19.3 Å². The van der Waals surface area contributed by atoms with Gasteiger partial charge in [-0.1, -0.05) is 26.2 Å². The van der Waals surface area contributed by atoms with Crippen molar-refractivity contribution in [3.8, 4) is 0 Å². The Bertz CT molecular complexity index is 227. The van der Waals surface area contributed by atoms with Crippen molar-refractivity contribution in [2.45, 2.75) is 71.3 Å². The minimum atomic E-state index is 0.0247. The fourth-order valence-corrected chi connectivity index (χ4v) is 3.39. The second-order valence-electron chi connectivity index (χ2n) is 6.73. The Kier molecular flexibility index (Phi) is 6.65. The van der Waals surface area contributed by atoms with Crippen molar-refractivity contribution >= 4 is 0 Å². The second-order valence-corrected chi connectivity index (χ2v) is 6.73. The third-order valence-corrected chi connectivity index (χ3v) is 4.92. The van der Waals surface area contributed by atoms with Gasteiger partial charge in [0.05, 0.1) is 5.60 Å². The first-order valence-electron chi connectivity index (χ1n) is 7.77. The molecule has 3 atom stereocenters. The van der Waals surface area contributed by atoms with Crippen molar-refractivity contribution in [1.82, 2.24) is 0 Å². The van der Waals surface area contributed by atoms with E-state index in [4.69, 9.17) is 10.5 Å². The Morgan fingerprint density at radius 2 is 1.89 bits per heavy atom. The molecular weight excluding hydrogens is 222 g/mol. The standard InChI is InChI=1S/C16H33NO/c1-5-6-13-7-8-15(12-17)14(11-13)9-10-16(2,3)18-4/h13-15H,5-12,17H2,1-4H3. The van der Waals surface area contributed by atoms with Crippen LogP contribution in [0.25, 0.3) is 0 Å². The van der Waals surface area contributed by atoms with E-state index in [-0.39, 0.29) is 5.60 Å². The molecule has 3 unspecified atom stereocenters. The summed E-state index contributed by atoms with van der Waals surface area (Å²) in [5, 5.41) is 0. The summed E-state index contributed by atoms with van der Waals surface area (Å²) < 4.78 is 5.54. The van der Waals surface area contributed by atoms with E-state index in [9.17, 15) is 0 Å². The zero-order valence-electron chi connectivity index (χ0n) is 12.9. The maximum Gasteiger partial charge on any atom is 0.0622 e. The minimum absolute atomic E-state index is 0.0247. The molecule has 0 aromatic rings. The number of hydrogen-bond acceptors (Lipinski definition) is 2. The summed E-state index contributed by atoms with van der Waals surface area (Å²) in [6.45, 7) is 7.56. The summed E-state index contributed by atoms with van der Waals surface area (Å²) in [5.41, 5.74) is 5.98. The molecule has 0 heterocycles. The van der Waals surface area contributed by atoms with Crippen LogP contribution in [0, 0.1) is 17.8 Å². The number of rotatable bonds is 7. The van der Waals surface area contributed by atoms with Crippen LogP contribution in [0.2, 0.25) is 0 Å². The van der Waals surface area contributed by atoms with Crippen molar-refractivity contribution in [3.63, 3.8) is 0 Å². The molecule has 0 radical (unpaired) electrons. The van der Waals surface area contributed by atoms with Gasteiger partial charge in [0.15, 0.2) is 0 Å². The fraction of sp³-hybridized carbons (Fsp3) is 1.00. The highest BCUT2D eigenvalue weighted by molar-refractivity contribution is 4.82. The minimum Gasteiger partial charge on any atom is -0.379 e. The van der Waals surface area contributed by atoms with E-state index in [1.807, 2.05) is 7.11 Å². The molecule has 1 aliphatic carbocycles. The van der Waals surface area contributed by atoms with Gasteiger partial charge in [0.25, 0.3) is 0 Å². The van der Waals surface area contributed by atoms with Gasteiger partial charge >= 0.3 is 0 Å². The largest absolute Gasteiger partial charge is 0.379 e. The van der Waals surface area contributed by atoms with Gasteiger partial charge < -0.3 is 10.5 Å². The predicted octanol–water partition coefficient (Wildman–Crippen LogP) is 3.98. The van der Waals surface area contributed by atoms with E-state index in [0.29, 0.717) is 0 Å². The van der Waals surface area contributed by atoms with Gasteiger partial charge in [-0.05, 0) is 63.8 Å². The van der Waals surface area contributed by atoms with Crippen molar-refractivity contribution in [2.75, 3.05) is 13.7 Å². The predicted molar refractivity (Wildman–Crippen MR) is 78.6 cm³/mol. The van der Waals surface area contributed by atoms with Crippen LogP contribution in [0.5, 0.6) is 0 Å². The molecule has 2 heteroatoms. The zero-order chi connectivity index (χ0) is 13.6. The van der Waals surface area contributed by atoms with E-state index >= 15 is 0 Å². The molecular formula is C16H33NO. The molecule has 2 nitrogen and oxygen atoms in total. The maximum atomic E-state index is 5.95. The molecule has 0 aromatic heterocycles. The smallest absolute Gasteiger partial charge is 0.0622 e. The average Bonchev–Trinajstić information content (AvgIpc) is 2.37. The molecule has 1 aliphatic rings. The lowest BCUT2D eigenvalue weighted by Crippen LogP contribution is -2.32. The number of nitrogens with two attached hydrogens (primary N) is 1. The Hall–Kier alpha value is -0.0800. The summed E-state index contributed by atoms with van der Waals surface area (Å²) in [5.74, 6) is 2.54. The summed E-state index contributed by atoms with van der Waals surface area (Å²) in [6, 6.07) is 0. The van der Waals surface area contributed by atoms with Gasteiger partial charge in [0, 0.05) is 7.11 Å². The van der Waals surface area contributed by atoms with Crippen molar-refractivity contribution in [3.05, 3.63) is 0 Å².